The molecule has 0 atom stereocenters. The van der Waals surface area contributed by atoms with Gasteiger partial charge < -0.3 is 8.98 Å². The van der Waals surface area contributed by atoms with Crippen molar-refractivity contribution in [3.63, 3.8) is 0 Å². The zero-order chi connectivity index (χ0) is 41.2. The number of hydrogen-bond acceptors (Lipinski definition) is 3. The number of rotatable bonds is 4. The van der Waals surface area contributed by atoms with E-state index in [2.05, 4.69) is 199 Å². The quantitative estimate of drug-likeness (QED) is 0.178. The van der Waals surface area contributed by atoms with E-state index < -0.39 is 5.41 Å². The Balaban J connectivity index is 1.06. The number of furan rings is 1. The number of fused-ring (bicyclic) bond motifs is 17. The summed E-state index contributed by atoms with van der Waals surface area (Å²) in [6.07, 6.45) is 0. The highest BCUT2D eigenvalue weighted by Crippen LogP contribution is 2.64. The van der Waals surface area contributed by atoms with Gasteiger partial charge in [0.25, 0.3) is 0 Å². The lowest BCUT2D eigenvalue weighted by Crippen LogP contribution is -2.25. The summed E-state index contributed by atoms with van der Waals surface area (Å²) >= 11 is 0. The van der Waals surface area contributed by atoms with E-state index >= 15 is 0 Å². The molecule has 12 aromatic rings. The smallest absolute Gasteiger partial charge is 0.162 e. The average Bonchev–Trinajstić information content (AvgIpc) is 4.07. The molecule has 0 aliphatic heterocycles. The van der Waals surface area contributed by atoms with Crippen LogP contribution in [0.2, 0.25) is 0 Å². The van der Waals surface area contributed by atoms with Crippen LogP contribution >= 0.6 is 0 Å². The molecular weight excluding hydrogens is 767 g/mol. The molecule has 4 nitrogen and oxygen atoms in total. The van der Waals surface area contributed by atoms with Crippen molar-refractivity contribution in [3.8, 4) is 61.8 Å². The Morgan fingerprint density at radius 1 is 0.381 bits per heavy atom. The maximum atomic E-state index is 6.38. The van der Waals surface area contributed by atoms with Crippen LogP contribution in [0.15, 0.2) is 217 Å². The zero-order valence-corrected chi connectivity index (χ0v) is 34.0. The monoisotopic (exact) mass is 801 g/mol. The fraction of sp³-hybridized carbons (Fsp3) is 0.0169. The second kappa shape index (κ2) is 12.8. The molecule has 0 unspecified atom stereocenters. The highest BCUT2D eigenvalue weighted by atomic mass is 16.3. The molecule has 0 bridgehead atoms. The molecule has 2 aliphatic rings. The number of aromatic nitrogens is 3. The first-order valence-corrected chi connectivity index (χ1v) is 21.6. The molecule has 0 N–H and O–H groups in total. The van der Waals surface area contributed by atoms with Crippen molar-refractivity contribution in [2.45, 2.75) is 5.41 Å². The second-order valence-corrected chi connectivity index (χ2v) is 16.8. The SMILES string of the molecule is c1ccc(-c2cc(-c3ccc4c(c3)oc3ccccc34)nc(-c3ccccc3-n3c4ccccc4c4ccc5c(c43)-c3ccccc3C53c4ccccc4-c4ccccc43)n2)cc1. The lowest BCUT2D eigenvalue weighted by molar-refractivity contribution is 0.669. The molecule has 9 aromatic carbocycles. The first kappa shape index (κ1) is 34.4. The lowest BCUT2D eigenvalue weighted by Gasteiger charge is -2.30. The Morgan fingerprint density at radius 3 is 1.73 bits per heavy atom. The summed E-state index contributed by atoms with van der Waals surface area (Å²) in [4.78, 5) is 10.8. The van der Waals surface area contributed by atoms with Gasteiger partial charge in [0, 0.05) is 43.8 Å². The normalized spacial score (nSPS) is 13.2. The topological polar surface area (TPSA) is 43.9 Å². The minimum atomic E-state index is -0.461. The van der Waals surface area contributed by atoms with E-state index in [-0.39, 0.29) is 0 Å². The summed E-state index contributed by atoms with van der Waals surface area (Å²) in [6, 6.07) is 76.5. The van der Waals surface area contributed by atoms with E-state index in [1.54, 1.807) is 0 Å². The molecule has 4 heteroatoms. The fourth-order valence-corrected chi connectivity index (χ4v) is 11.1. The molecule has 2 aliphatic carbocycles. The summed E-state index contributed by atoms with van der Waals surface area (Å²) in [7, 11) is 0. The predicted octanol–water partition coefficient (Wildman–Crippen LogP) is 14.8. The van der Waals surface area contributed by atoms with Crippen LogP contribution in [0.25, 0.3) is 106 Å². The third kappa shape index (κ3) is 4.64. The molecule has 0 fully saturated rings. The molecule has 63 heavy (non-hydrogen) atoms. The van der Waals surface area contributed by atoms with Gasteiger partial charge in [0.1, 0.15) is 11.2 Å². The fourth-order valence-electron chi connectivity index (χ4n) is 11.1. The summed E-state index contributed by atoms with van der Waals surface area (Å²) < 4.78 is 8.87. The number of hydrogen-bond donors (Lipinski definition) is 0. The van der Waals surface area contributed by atoms with Crippen LogP contribution in [0.3, 0.4) is 0 Å². The van der Waals surface area contributed by atoms with Crippen LogP contribution in [0.1, 0.15) is 22.3 Å². The Kier molecular flexibility index (Phi) is 7.01. The van der Waals surface area contributed by atoms with Crippen LogP contribution in [-0.2, 0) is 5.41 Å². The van der Waals surface area contributed by atoms with E-state index in [0.29, 0.717) is 5.82 Å². The Labute approximate surface area is 363 Å². The summed E-state index contributed by atoms with van der Waals surface area (Å²) in [5, 5.41) is 4.61. The molecule has 0 amide bonds. The van der Waals surface area contributed by atoms with Gasteiger partial charge in [-0.15, -0.1) is 0 Å². The zero-order valence-electron chi connectivity index (χ0n) is 34.0. The first-order chi connectivity index (χ1) is 31.3. The van der Waals surface area contributed by atoms with Gasteiger partial charge in [0.05, 0.1) is 33.5 Å². The maximum Gasteiger partial charge on any atom is 0.162 e. The van der Waals surface area contributed by atoms with Crippen LogP contribution in [0.4, 0.5) is 0 Å². The van der Waals surface area contributed by atoms with Gasteiger partial charge >= 0.3 is 0 Å². The molecular formula is C59H35N3O. The summed E-state index contributed by atoms with van der Waals surface area (Å²) in [5.74, 6) is 0.653. The lowest BCUT2D eigenvalue weighted by atomic mass is 9.70. The van der Waals surface area contributed by atoms with Crippen molar-refractivity contribution in [2.75, 3.05) is 0 Å². The van der Waals surface area contributed by atoms with Crippen molar-refractivity contribution in [3.05, 3.63) is 235 Å². The van der Waals surface area contributed by atoms with Crippen LogP contribution in [0, 0.1) is 0 Å². The maximum absolute atomic E-state index is 6.38. The van der Waals surface area contributed by atoms with Gasteiger partial charge in [-0.25, -0.2) is 9.97 Å². The van der Waals surface area contributed by atoms with Crippen molar-refractivity contribution in [1.29, 1.82) is 0 Å². The van der Waals surface area contributed by atoms with E-state index in [1.165, 1.54) is 60.8 Å². The van der Waals surface area contributed by atoms with Gasteiger partial charge in [0.2, 0.25) is 0 Å². The van der Waals surface area contributed by atoms with Crippen molar-refractivity contribution in [1.82, 2.24) is 14.5 Å². The van der Waals surface area contributed by atoms with Crippen molar-refractivity contribution >= 4 is 43.7 Å². The highest BCUT2D eigenvalue weighted by molar-refractivity contribution is 6.17. The summed E-state index contributed by atoms with van der Waals surface area (Å²) in [5.41, 5.74) is 19.6. The minimum Gasteiger partial charge on any atom is -0.456 e. The Bertz CT molecular complexity index is 3830. The van der Waals surface area contributed by atoms with Crippen LogP contribution in [0.5, 0.6) is 0 Å². The van der Waals surface area contributed by atoms with E-state index in [4.69, 9.17) is 14.4 Å². The molecule has 0 radical (unpaired) electrons. The molecule has 1 spiro atoms. The molecule has 0 saturated heterocycles. The molecule has 3 aromatic heterocycles. The van der Waals surface area contributed by atoms with Gasteiger partial charge in [0.15, 0.2) is 5.82 Å². The third-order valence-electron chi connectivity index (χ3n) is 13.6. The number of para-hydroxylation sites is 3. The minimum absolute atomic E-state index is 0.461. The molecule has 292 valence electrons. The van der Waals surface area contributed by atoms with Crippen molar-refractivity contribution in [2.24, 2.45) is 0 Å². The van der Waals surface area contributed by atoms with Crippen LogP contribution in [-0.4, -0.2) is 14.5 Å². The van der Waals surface area contributed by atoms with Gasteiger partial charge in [-0.2, -0.15) is 0 Å². The summed E-state index contributed by atoms with van der Waals surface area (Å²) in [6.45, 7) is 0. The second-order valence-electron chi connectivity index (χ2n) is 16.8. The third-order valence-corrected chi connectivity index (χ3v) is 13.6. The average molecular weight is 802 g/mol. The molecule has 14 rings (SSSR count). The first-order valence-electron chi connectivity index (χ1n) is 21.6. The van der Waals surface area contributed by atoms with E-state index in [9.17, 15) is 0 Å². The van der Waals surface area contributed by atoms with Gasteiger partial charge in [-0.3, -0.25) is 0 Å². The highest BCUT2D eigenvalue weighted by Gasteiger charge is 2.52. The molecule has 3 heterocycles. The van der Waals surface area contributed by atoms with E-state index in [0.717, 1.165) is 61.2 Å². The molecule has 0 saturated carbocycles. The largest absolute Gasteiger partial charge is 0.456 e. The van der Waals surface area contributed by atoms with Gasteiger partial charge in [-0.1, -0.05) is 170 Å². The standard InChI is InChI=1S/C59H35N3O/c1-2-16-36(17-3-1)50-35-51(37-30-31-42-41-21-9-15-29-54(41)63-55(42)34-37)61-58(60-50)45-23-8-14-28-53(45)62-52-27-13-7-20-40(52)43-32-33-49-56(57(43)62)44-22-6-12-26-48(44)59(49)46-24-10-4-18-38(46)39-19-5-11-25-47(39)59/h1-35H. The Hall–Kier alpha value is -8.34. The predicted molar refractivity (Wildman–Crippen MR) is 256 cm³/mol. The number of nitrogens with zero attached hydrogens (tertiary/aromatic N) is 3. The van der Waals surface area contributed by atoms with Crippen LogP contribution < -0.4 is 0 Å². The Morgan fingerprint density at radius 2 is 0.952 bits per heavy atom. The number of benzene rings is 9. The van der Waals surface area contributed by atoms with Gasteiger partial charge in [-0.05, 0) is 81.4 Å². The van der Waals surface area contributed by atoms with E-state index in [1.807, 2.05) is 18.2 Å². The van der Waals surface area contributed by atoms with Crippen molar-refractivity contribution < 1.29 is 4.42 Å².